The molecule has 0 N–H and O–H groups in total. The molecule has 136 valence electrons. The van der Waals surface area contributed by atoms with E-state index in [1.165, 1.54) is 0 Å². The maximum absolute atomic E-state index is 12.8. The summed E-state index contributed by atoms with van der Waals surface area (Å²) in [5.41, 5.74) is 1.48. The highest BCUT2D eigenvalue weighted by atomic mass is 32.2. The van der Waals surface area contributed by atoms with Gasteiger partial charge < -0.3 is 9.64 Å². The van der Waals surface area contributed by atoms with Crippen LogP contribution in [0, 0.1) is 0 Å². The SMILES string of the molecule is O=C1S/C(=C/c2ccccc2)C(=O)N1CC(=O)N1CCOc2ccccc21. The Morgan fingerprint density at radius 2 is 1.81 bits per heavy atom. The van der Waals surface area contributed by atoms with E-state index in [0.717, 1.165) is 22.2 Å². The number of amides is 3. The summed E-state index contributed by atoms with van der Waals surface area (Å²) in [7, 11) is 0. The van der Waals surface area contributed by atoms with E-state index in [-0.39, 0.29) is 12.5 Å². The van der Waals surface area contributed by atoms with Crippen LogP contribution in [0.25, 0.3) is 6.08 Å². The lowest BCUT2D eigenvalue weighted by molar-refractivity contribution is -0.128. The van der Waals surface area contributed by atoms with Crippen LogP contribution >= 0.6 is 11.8 Å². The number of benzene rings is 2. The summed E-state index contributed by atoms with van der Waals surface area (Å²) in [5.74, 6) is -0.132. The van der Waals surface area contributed by atoms with Crippen LogP contribution in [-0.4, -0.2) is 41.6 Å². The van der Waals surface area contributed by atoms with Crippen molar-refractivity contribution in [1.82, 2.24) is 4.90 Å². The topological polar surface area (TPSA) is 66.9 Å². The number of fused-ring (bicyclic) bond motifs is 1. The molecule has 2 heterocycles. The zero-order valence-electron chi connectivity index (χ0n) is 14.3. The van der Waals surface area contributed by atoms with Crippen LogP contribution < -0.4 is 9.64 Å². The lowest BCUT2D eigenvalue weighted by Crippen LogP contribution is -2.45. The third-order valence-electron chi connectivity index (χ3n) is 4.29. The Labute approximate surface area is 160 Å². The van der Waals surface area contributed by atoms with Crippen molar-refractivity contribution in [3.63, 3.8) is 0 Å². The fourth-order valence-corrected chi connectivity index (χ4v) is 3.82. The molecule has 2 aliphatic rings. The van der Waals surface area contributed by atoms with Crippen LogP contribution in [0.1, 0.15) is 5.56 Å². The van der Waals surface area contributed by atoms with Crippen molar-refractivity contribution < 1.29 is 19.1 Å². The van der Waals surface area contributed by atoms with Gasteiger partial charge >= 0.3 is 0 Å². The molecule has 0 aliphatic carbocycles. The summed E-state index contributed by atoms with van der Waals surface area (Å²) in [4.78, 5) is 40.5. The van der Waals surface area contributed by atoms with Gasteiger partial charge in [-0.2, -0.15) is 0 Å². The van der Waals surface area contributed by atoms with Gasteiger partial charge in [-0.15, -0.1) is 0 Å². The molecule has 1 fully saturated rings. The van der Waals surface area contributed by atoms with E-state index in [1.54, 1.807) is 23.1 Å². The molecule has 7 heteroatoms. The number of para-hydroxylation sites is 2. The van der Waals surface area contributed by atoms with E-state index < -0.39 is 11.1 Å². The zero-order valence-corrected chi connectivity index (χ0v) is 15.1. The Balaban J connectivity index is 1.52. The lowest BCUT2D eigenvalue weighted by atomic mass is 10.2. The van der Waals surface area contributed by atoms with E-state index in [0.29, 0.717) is 29.5 Å². The number of carbonyl (C=O) groups excluding carboxylic acids is 3. The number of thioether (sulfide) groups is 1. The van der Waals surface area contributed by atoms with Gasteiger partial charge in [-0.05, 0) is 35.5 Å². The molecule has 4 rings (SSSR count). The van der Waals surface area contributed by atoms with Crippen LogP contribution in [0.5, 0.6) is 5.75 Å². The fraction of sp³-hybridized carbons (Fsp3) is 0.150. The molecule has 2 aromatic rings. The molecule has 27 heavy (non-hydrogen) atoms. The monoisotopic (exact) mass is 380 g/mol. The van der Waals surface area contributed by atoms with Gasteiger partial charge in [0.2, 0.25) is 5.91 Å². The van der Waals surface area contributed by atoms with Crippen LogP contribution in [0.4, 0.5) is 10.5 Å². The van der Waals surface area contributed by atoms with Gasteiger partial charge in [0, 0.05) is 0 Å². The van der Waals surface area contributed by atoms with Crippen molar-refractivity contribution >= 4 is 40.6 Å². The summed E-state index contributed by atoms with van der Waals surface area (Å²) in [6.45, 7) is 0.468. The largest absolute Gasteiger partial charge is 0.490 e. The fourth-order valence-electron chi connectivity index (χ4n) is 2.99. The average molecular weight is 380 g/mol. The normalized spacial score (nSPS) is 17.9. The van der Waals surface area contributed by atoms with Gasteiger partial charge in [0.1, 0.15) is 18.9 Å². The van der Waals surface area contributed by atoms with Crippen molar-refractivity contribution in [2.45, 2.75) is 0 Å². The molecule has 0 radical (unpaired) electrons. The first-order valence-electron chi connectivity index (χ1n) is 8.46. The molecule has 0 aromatic heterocycles. The van der Waals surface area contributed by atoms with Crippen molar-refractivity contribution in [3.8, 4) is 5.75 Å². The molecule has 0 unspecified atom stereocenters. The number of ether oxygens (including phenoxy) is 1. The van der Waals surface area contributed by atoms with E-state index >= 15 is 0 Å². The van der Waals surface area contributed by atoms with Crippen molar-refractivity contribution in [1.29, 1.82) is 0 Å². The van der Waals surface area contributed by atoms with Gasteiger partial charge in [-0.3, -0.25) is 19.3 Å². The molecule has 0 saturated carbocycles. The molecular weight excluding hydrogens is 364 g/mol. The van der Waals surface area contributed by atoms with Gasteiger partial charge in [0.25, 0.3) is 11.1 Å². The van der Waals surface area contributed by atoms with Crippen LogP contribution in [-0.2, 0) is 9.59 Å². The third kappa shape index (κ3) is 3.46. The average Bonchev–Trinajstić information content (AvgIpc) is 2.95. The minimum absolute atomic E-state index is 0.287. The van der Waals surface area contributed by atoms with Crippen LogP contribution in [0.2, 0.25) is 0 Å². The first kappa shape index (κ1) is 17.4. The summed E-state index contributed by atoms with van der Waals surface area (Å²) in [6.07, 6.45) is 1.67. The number of hydrogen-bond donors (Lipinski definition) is 0. The summed E-state index contributed by atoms with van der Waals surface area (Å²) < 4.78 is 5.54. The van der Waals surface area contributed by atoms with Gasteiger partial charge in [-0.1, -0.05) is 42.5 Å². The quantitative estimate of drug-likeness (QED) is 0.766. The summed E-state index contributed by atoms with van der Waals surface area (Å²) in [6, 6.07) is 16.5. The Morgan fingerprint density at radius 3 is 2.63 bits per heavy atom. The van der Waals surface area contributed by atoms with Crippen LogP contribution in [0.3, 0.4) is 0 Å². The van der Waals surface area contributed by atoms with Gasteiger partial charge in [0.15, 0.2) is 0 Å². The molecule has 0 bridgehead atoms. The smallest absolute Gasteiger partial charge is 0.294 e. The number of carbonyl (C=O) groups is 3. The van der Waals surface area contributed by atoms with Crippen molar-refractivity contribution in [2.75, 3.05) is 24.6 Å². The molecule has 0 atom stereocenters. The van der Waals surface area contributed by atoms with E-state index in [4.69, 9.17) is 4.74 Å². The molecule has 2 aliphatic heterocycles. The second-order valence-electron chi connectivity index (χ2n) is 6.04. The lowest BCUT2D eigenvalue weighted by Gasteiger charge is -2.30. The van der Waals surface area contributed by atoms with Crippen molar-refractivity contribution in [2.24, 2.45) is 0 Å². The molecule has 0 spiro atoms. The Bertz CT molecular complexity index is 942. The van der Waals surface area contributed by atoms with E-state index in [9.17, 15) is 14.4 Å². The second-order valence-corrected chi connectivity index (χ2v) is 7.03. The standard InChI is InChI=1S/C20H16N2O4S/c23-18(21-10-11-26-16-9-5-4-8-15(16)21)13-22-19(24)17(27-20(22)25)12-14-6-2-1-3-7-14/h1-9,12H,10-11,13H2/b17-12+. The second kappa shape index (κ2) is 7.28. The first-order valence-corrected chi connectivity index (χ1v) is 9.28. The molecule has 2 aromatic carbocycles. The molecule has 1 saturated heterocycles. The highest BCUT2D eigenvalue weighted by Gasteiger charge is 2.37. The summed E-state index contributed by atoms with van der Waals surface area (Å²) in [5, 5.41) is -0.433. The van der Waals surface area contributed by atoms with Gasteiger partial charge in [-0.25, -0.2) is 0 Å². The van der Waals surface area contributed by atoms with Crippen LogP contribution in [0.15, 0.2) is 59.5 Å². The minimum Gasteiger partial charge on any atom is -0.490 e. The number of rotatable bonds is 3. The van der Waals surface area contributed by atoms with Gasteiger partial charge in [0.05, 0.1) is 17.1 Å². The Kier molecular flexibility index (Phi) is 4.68. The van der Waals surface area contributed by atoms with Crippen molar-refractivity contribution in [3.05, 3.63) is 65.1 Å². The maximum Gasteiger partial charge on any atom is 0.294 e. The maximum atomic E-state index is 12.8. The molecular formula is C20H16N2O4S. The summed E-state index contributed by atoms with van der Waals surface area (Å²) >= 11 is 0.854. The minimum atomic E-state index is -0.441. The number of nitrogens with zero attached hydrogens (tertiary/aromatic N) is 2. The highest BCUT2D eigenvalue weighted by molar-refractivity contribution is 8.18. The Hall–Kier alpha value is -3.06. The molecule has 3 amide bonds. The predicted molar refractivity (Wildman–Crippen MR) is 103 cm³/mol. The Morgan fingerprint density at radius 1 is 1.07 bits per heavy atom. The predicted octanol–water partition coefficient (Wildman–Crippen LogP) is 3.15. The number of imide groups is 1. The highest BCUT2D eigenvalue weighted by Crippen LogP contribution is 2.34. The van der Waals surface area contributed by atoms with E-state index in [2.05, 4.69) is 0 Å². The first-order chi connectivity index (χ1) is 13.1. The van der Waals surface area contributed by atoms with E-state index in [1.807, 2.05) is 42.5 Å². The third-order valence-corrected chi connectivity index (χ3v) is 5.20. The number of hydrogen-bond acceptors (Lipinski definition) is 5. The zero-order chi connectivity index (χ0) is 18.8. The molecule has 6 nitrogen and oxygen atoms in total. The number of anilines is 1.